The summed E-state index contributed by atoms with van der Waals surface area (Å²) in [5.41, 5.74) is 9.68. The molecule has 0 fully saturated rings. The molecule has 0 bridgehead atoms. The van der Waals surface area contributed by atoms with Crippen molar-refractivity contribution in [2.45, 2.75) is 34.3 Å². The number of hydrogen-bond donors (Lipinski definition) is 1. The molecule has 1 rings (SSSR count). The van der Waals surface area contributed by atoms with Gasteiger partial charge in [-0.25, -0.2) is 0 Å². The standard InChI is InChI=1S/C14H24N2O2/c1-10(2)8-17-5-6-18-9-13-12(4)14(15)11(3)7-16-13/h7,10H,5-6,8-9H2,1-4H3,(H2,15,16). The molecule has 1 aromatic heterocycles. The second kappa shape index (κ2) is 7.34. The third-order valence-corrected chi connectivity index (χ3v) is 2.74. The fourth-order valence-electron chi connectivity index (χ4n) is 1.54. The van der Waals surface area contributed by atoms with Crippen LogP contribution < -0.4 is 5.73 Å². The third kappa shape index (κ3) is 4.63. The number of nitrogen functional groups attached to an aromatic ring is 1. The largest absolute Gasteiger partial charge is 0.398 e. The van der Waals surface area contributed by atoms with Crippen molar-refractivity contribution in [2.75, 3.05) is 25.6 Å². The summed E-state index contributed by atoms with van der Waals surface area (Å²) >= 11 is 0. The number of aromatic nitrogens is 1. The van der Waals surface area contributed by atoms with Gasteiger partial charge < -0.3 is 15.2 Å². The summed E-state index contributed by atoms with van der Waals surface area (Å²) in [7, 11) is 0. The van der Waals surface area contributed by atoms with Gasteiger partial charge in [-0.2, -0.15) is 0 Å². The number of ether oxygens (including phenoxy) is 2. The average Bonchev–Trinajstić information content (AvgIpc) is 2.33. The van der Waals surface area contributed by atoms with Crippen LogP contribution in [-0.2, 0) is 16.1 Å². The molecule has 0 saturated carbocycles. The summed E-state index contributed by atoms with van der Waals surface area (Å²) in [5, 5.41) is 0. The van der Waals surface area contributed by atoms with Crippen LogP contribution in [0.5, 0.6) is 0 Å². The van der Waals surface area contributed by atoms with Crippen LogP contribution >= 0.6 is 0 Å². The molecular weight excluding hydrogens is 228 g/mol. The predicted octanol–water partition coefficient (Wildman–Crippen LogP) is 2.47. The van der Waals surface area contributed by atoms with Gasteiger partial charge in [0.1, 0.15) is 0 Å². The summed E-state index contributed by atoms with van der Waals surface area (Å²) in [4.78, 5) is 4.34. The topological polar surface area (TPSA) is 57.4 Å². The molecule has 0 atom stereocenters. The molecular formula is C14H24N2O2. The molecule has 4 heteroatoms. The highest BCUT2D eigenvalue weighted by atomic mass is 16.5. The monoisotopic (exact) mass is 252 g/mol. The van der Waals surface area contributed by atoms with E-state index in [-0.39, 0.29) is 0 Å². The summed E-state index contributed by atoms with van der Waals surface area (Å²) in [5.74, 6) is 0.561. The molecule has 1 heterocycles. The molecule has 0 amide bonds. The molecule has 0 unspecified atom stereocenters. The van der Waals surface area contributed by atoms with Crippen molar-refractivity contribution in [3.8, 4) is 0 Å². The minimum atomic E-state index is 0.487. The second-order valence-corrected chi connectivity index (χ2v) is 4.95. The number of hydrogen-bond acceptors (Lipinski definition) is 4. The van der Waals surface area contributed by atoms with Gasteiger partial charge in [0, 0.05) is 18.5 Å². The molecule has 0 aliphatic rings. The van der Waals surface area contributed by atoms with Gasteiger partial charge in [0.2, 0.25) is 0 Å². The van der Waals surface area contributed by atoms with E-state index in [1.54, 1.807) is 6.20 Å². The predicted molar refractivity (Wildman–Crippen MR) is 73.4 cm³/mol. The number of nitrogens with zero attached hydrogens (tertiary/aromatic N) is 1. The second-order valence-electron chi connectivity index (χ2n) is 4.95. The lowest BCUT2D eigenvalue weighted by Gasteiger charge is -2.11. The van der Waals surface area contributed by atoms with Crippen molar-refractivity contribution < 1.29 is 9.47 Å². The Balaban J connectivity index is 2.30. The van der Waals surface area contributed by atoms with Crippen LogP contribution in [0.15, 0.2) is 6.20 Å². The fourth-order valence-corrected chi connectivity index (χ4v) is 1.54. The van der Waals surface area contributed by atoms with Gasteiger partial charge in [0.05, 0.1) is 25.5 Å². The highest BCUT2D eigenvalue weighted by Crippen LogP contribution is 2.18. The van der Waals surface area contributed by atoms with Crippen molar-refractivity contribution in [2.24, 2.45) is 5.92 Å². The van der Waals surface area contributed by atoms with E-state index >= 15 is 0 Å². The van der Waals surface area contributed by atoms with E-state index in [0.29, 0.717) is 25.7 Å². The SMILES string of the molecule is Cc1cnc(COCCOCC(C)C)c(C)c1N. The van der Waals surface area contributed by atoms with Gasteiger partial charge in [-0.3, -0.25) is 4.98 Å². The maximum Gasteiger partial charge on any atom is 0.0892 e. The van der Waals surface area contributed by atoms with Crippen LogP contribution in [0.3, 0.4) is 0 Å². The molecule has 0 aliphatic heterocycles. The van der Waals surface area contributed by atoms with E-state index in [1.807, 2.05) is 13.8 Å². The van der Waals surface area contributed by atoms with E-state index in [9.17, 15) is 0 Å². The van der Waals surface area contributed by atoms with Crippen LogP contribution in [0.2, 0.25) is 0 Å². The van der Waals surface area contributed by atoms with Gasteiger partial charge >= 0.3 is 0 Å². The Morgan fingerprint density at radius 1 is 1.22 bits per heavy atom. The average molecular weight is 252 g/mol. The Morgan fingerprint density at radius 2 is 1.89 bits per heavy atom. The Morgan fingerprint density at radius 3 is 2.56 bits per heavy atom. The Bertz CT molecular complexity index is 378. The van der Waals surface area contributed by atoms with E-state index in [2.05, 4.69) is 18.8 Å². The van der Waals surface area contributed by atoms with E-state index in [4.69, 9.17) is 15.2 Å². The van der Waals surface area contributed by atoms with Gasteiger partial charge in [-0.15, -0.1) is 0 Å². The third-order valence-electron chi connectivity index (χ3n) is 2.74. The van der Waals surface area contributed by atoms with E-state index < -0.39 is 0 Å². The Hall–Kier alpha value is -1.13. The molecule has 18 heavy (non-hydrogen) atoms. The molecule has 102 valence electrons. The van der Waals surface area contributed by atoms with Gasteiger partial charge in [0.15, 0.2) is 0 Å². The lowest BCUT2D eigenvalue weighted by Crippen LogP contribution is -2.10. The zero-order valence-electron chi connectivity index (χ0n) is 11.8. The van der Waals surface area contributed by atoms with E-state index in [0.717, 1.165) is 29.1 Å². The number of nitrogens with two attached hydrogens (primary N) is 1. The number of aryl methyl sites for hydroxylation is 1. The highest BCUT2D eigenvalue weighted by Gasteiger charge is 2.06. The smallest absolute Gasteiger partial charge is 0.0892 e. The molecule has 0 radical (unpaired) electrons. The minimum absolute atomic E-state index is 0.487. The number of rotatable bonds is 7. The quantitative estimate of drug-likeness (QED) is 0.757. The number of anilines is 1. The first-order chi connectivity index (χ1) is 8.52. The lowest BCUT2D eigenvalue weighted by atomic mass is 10.1. The van der Waals surface area contributed by atoms with Crippen molar-refractivity contribution in [3.05, 3.63) is 23.0 Å². The summed E-state index contributed by atoms with van der Waals surface area (Å²) in [6, 6.07) is 0. The van der Waals surface area contributed by atoms with Gasteiger partial charge in [-0.05, 0) is 30.9 Å². The van der Waals surface area contributed by atoms with Crippen LogP contribution in [-0.4, -0.2) is 24.8 Å². The Kier molecular flexibility index (Phi) is 6.09. The van der Waals surface area contributed by atoms with Crippen LogP contribution in [0.1, 0.15) is 30.7 Å². The zero-order valence-corrected chi connectivity index (χ0v) is 11.8. The first-order valence-electron chi connectivity index (χ1n) is 6.38. The minimum Gasteiger partial charge on any atom is -0.398 e. The summed E-state index contributed by atoms with van der Waals surface area (Å²) in [6.07, 6.45) is 1.79. The fraction of sp³-hybridized carbons (Fsp3) is 0.643. The molecule has 0 saturated heterocycles. The normalized spacial score (nSPS) is 11.2. The van der Waals surface area contributed by atoms with Crippen LogP contribution in [0.4, 0.5) is 5.69 Å². The maximum absolute atomic E-state index is 5.95. The van der Waals surface area contributed by atoms with Crippen LogP contribution in [0, 0.1) is 19.8 Å². The zero-order chi connectivity index (χ0) is 13.5. The van der Waals surface area contributed by atoms with Crippen molar-refractivity contribution >= 4 is 5.69 Å². The van der Waals surface area contributed by atoms with Crippen molar-refractivity contribution in [3.63, 3.8) is 0 Å². The van der Waals surface area contributed by atoms with Crippen LogP contribution in [0.25, 0.3) is 0 Å². The summed E-state index contributed by atoms with van der Waals surface area (Å²) < 4.78 is 11.0. The van der Waals surface area contributed by atoms with E-state index in [1.165, 1.54) is 0 Å². The lowest BCUT2D eigenvalue weighted by molar-refractivity contribution is 0.0304. The van der Waals surface area contributed by atoms with Gasteiger partial charge in [0.25, 0.3) is 0 Å². The molecule has 0 spiro atoms. The van der Waals surface area contributed by atoms with Gasteiger partial charge in [-0.1, -0.05) is 13.8 Å². The molecule has 0 aliphatic carbocycles. The summed E-state index contributed by atoms with van der Waals surface area (Å²) in [6.45, 7) is 10.7. The highest BCUT2D eigenvalue weighted by molar-refractivity contribution is 5.53. The first-order valence-corrected chi connectivity index (χ1v) is 6.38. The maximum atomic E-state index is 5.95. The van der Waals surface area contributed by atoms with Crippen molar-refractivity contribution in [1.82, 2.24) is 4.98 Å². The molecule has 1 aromatic rings. The molecule has 0 aromatic carbocycles. The van der Waals surface area contributed by atoms with Crippen molar-refractivity contribution in [1.29, 1.82) is 0 Å². The Labute approximate surface area is 110 Å². The molecule has 2 N–H and O–H groups in total. The molecule has 4 nitrogen and oxygen atoms in total. The first kappa shape index (κ1) is 14.9. The number of pyridine rings is 1.